The van der Waals surface area contributed by atoms with Gasteiger partial charge in [-0.2, -0.15) is 4.31 Å². The smallest absolute Gasteiger partial charge is 0.323 e. The van der Waals surface area contributed by atoms with E-state index in [0.29, 0.717) is 5.69 Å². The largest absolute Gasteiger partial charge is 0.486 e. The Morgan fingerprint density at radius 2 is 1.93 bits per heavy atom. The van der Waals surface area contributed by atoms with Crippen molar-refractivity contribution in [1.82, 2.24) is 18.8 Å². The Hall–Kier alpha value is -3.94. The number of nitrogens with one attached hydrogen (secondary N) is 2. The van der Waals surface area contributed by atoms with Crippen molar-refractivity contribution >= 4 is 33.3 Å². The number of sulfonamides is 1. The van der Waals surface area contributed by atoms with Gasteiger partial charge in [0.05, 0.1) is 36.8 Å². The molecule has 3 amide bonds. The molecule has 1 aromatic heterocycles. The van der Waals surface area contributed by atoms with E-state index in [2.05, 4.69) is 15.6 Å². The number of ether oxygens (including phenoxy) is 1. The topological polar surface area (TPSA) is 146 Å². The summed E-state index contributed by atoms with van der Waals surface area (Å²) in [5.74, 6) is -0.604. The molecule has 0 saturated carbocycles. The first-order valence-electron chi connectivity index (χ1n) is 12.8. The molecule has 0 saturated heterocycles. The van der Waals surface area contributed by atoms with Crippen molar-refractivity contribution in [3.63, 3.8) is 0 Å². The first-order valence-corrected chi connectivity index (χ1v) is 14.2. The molecule has 0 radical (unpaired) electrons. The summed E-state index contributed by atoms with van der Waals surface area (Å²) in [6.07, 6.45) is 2.11. The number of rotatable bonds is 8. The fraction of sp³-hybridized carbons (Fsp3) is 0.370. The van der Waals surface area contributed by atoms with Gasteiger partial charge in [0, 0.05) is 38.4 Å². The summed E-state index contributed by atoms with van der Waals surface area (Å²) in [4.78, 5) is 32.0. The lowest BCUT2D eigenvalue weighted by Gasteiger charge is -2.38. The van der Waals surface area contributed by atoms with E-state index in [1.165, 1.54) is 19.6 Å². The molecule has 0 bridgehead atoms. The third-order valence-corrected chi connectivity index (χ3v) is 8.47. The van der Waals surface area contributed by atoms with Crippen molar-refractivity contribution in [2.45, 2.75) is 31.0 Å². The number of imidazole rings is 1. The van der Waals surface area contributed by atoms with Crippen LogP contribution >= 0.6 is 0 Å². The maximum absolute atomic E-state index is 13.6. The number of aryl methyl sites for hydroxylation is 1. The van der Waals surface area contributed by atoms with Crippen molar-refractivity contribution in [2.75, 3.05) is 37.4 Å². The number of carbonyl (C=O) groups excluding carboxylic acids is 2. The van der Waals surface area contributed by atoms with Crippen molar-refractivity contribution in [2.24, 2.45) is 13.0 Å². The van der Waals surface area contributed by atoms with Gasteiger partial charge in [-0.05, 0) is 31.2 Å². The van der Waals surface area contributed by atoms with E-state index in [0.717, 1.165) is 4.31 Å². The summed E-state index contributed by atoms with van der Waals surface area (Å²) in [5.41, 5.74) is 1.00. The van der Waals surface area contributed by atoms with E-state index in [9.17, 15) is 23.1 Å². The number of likely N-dealkylation sites (N-methyl/N-ethyl adjacent to an activating group) is 1. The highest BCUT2D eigenvalue weighted by Gasteiger charge is 2.36. The van der Waals surface area contributed by atoms with Crippen molar-refractivity contribution in [1.29, 1.82) is 0 Å². The zero-order chi connectivity index (χ0) is 29.0. The summed E-state index contributed by atoms with van der Waals surface area (Å²) in [5, 5.41) is 15.3. The molecular formula is C27H34N6O6S. The highest BCUT2D eigenvalue weighted by Crippen LogP contribution is 2.35. The molecule has 0 spiro atoms. The molecule has 3 atom stereocenters. The molecule has 12 nitrogen and oxygen atoms in total. The Labute approximate surface area is 233 Å². The van der Waals surface area contributed by atoms with Crippen molar-refractivity contribution in [3.8, 4) is 5.75 Å². The summed E-state index contributed by atoms with van der Waals surface area (Å²) in [7, 11) is -0.806. The number of urea groups is 1. The van der Waals surface area contributed by atoms with Gasteiger partial charge >= 0.3 is 6.03 Å². The number of hydrogen-bond acceptors (Lipinski definition) is 7. The average molecular weight is 571 g/mol. The number of hydrogen-bond donors (Lipinski definition) is 3. The van der Waals surface area contributed by atoms with Gasteiger partial charge in [0.25, 0.3) is 15.9 Å². The molecule has 1 aliphatic rings. The van der Waals surface area contributed by atoms with Crippen LogP contribution in [0, 0.1) is 5.92 Å². The lowest BCUT2D eigenvalue weighted by atomic mass is 9.99. The first kappa shape index (κ1) is 29.1. The van der Waals surface area contributed by atoms with E-state index >= 15 is 0 Å². The van der Waals surface area contributed by atoms with Crippen LogP contribution in [0.1, 0.15) is 24.2 Å². The van der Waals surface area contributed by atoms with Crippen molar-refractivity contribution < 1.29 is 27.9 Å². The number of anilines is 2. The Morgan fingerprint density at radius 3 is 2.58 bits per heavy atom. The van der Waals surface area contributed by atoms with Crippen molar-refractivity contribution in [3.05, 3.63) is 66.6 Å². The van der Waals surface area contributed by atoms with Crippen LogP contribution in [-0.4, -0.2) is 83.1 Å². The van der Waals surface area contributed by atoms with Crippen LogP contribution in [0.4, 0.5) is 16.2 Å². The van der Waals surface area contributed by atoms with Gasteiger partial charge in [0.2, 0.25) is 0 Å². The van der Waals surface area contributed by atoms with Crippen LogP contribution in [0.25, 0.3) is 0 Å². The first-order chi connectivity index (χ1) is 19.0. The molecule has 2 aromatic carbocycles. The monoisotopic (exact) mass is 570 g/mol. The van der Waals surface area contributed by atoms with E-state index in [1.807, 2.05) is 13.0 Å². The summed E-state index contributed by atoms with van der Waals surface area (Å²) in [6.45, 7) is 3.48. The molecule has 3 aromatic rings. The van der Waals surface area contributed by atoms with E-state index < -0.39 is 28.2 Å². The highest BCUT2D eigenvalue weighted by atomic mass is 32.2. The molecule has 4 rings (SSSR count). The maximum atomic E-state index is 13.6. The standard InChI is InChI=1S/C27H34N6O6S/c1-18-13-33(19(2)16-34)26(35)21-11-8-12-22(30-27(36)29-20-9-6-5-7-10-20)25(21)39-23(18)14-32(4)40(37,38)24-15-31(3)17-28-24/h5-12,15,17-19,23,34H,13-14,16H2,1-4H3,(H2,29,30,36)/t18-,19+,23+/m1/s1. The SMILES string of the molecule is C[C@@H]1CN([C@@H](C)CO)C(=O)c2cccc(NC(=O)Nc3ccccc3)c2O[C@H]1CN(C)S(=O)(=O)c1cn(C)cn1. The predicted molar refractivity (Wildman–Crippen MR) is 150 cm³/mol. The lowest BCUT2D eigenvalue weighted by Crippen LogP contribution is -2.50. The second-order valence-electron chi connectivity index (χ2n) is 9.91. The number of benzene rings is 2. The minimum absolute atomic E-state index is 0.0560. The number of carbonyl (C=O) groups is 2. The second kappa shape index (κ2) is 12.1. The molecule has 1 aliphatic heterocycles. The third-order valence-electron chi connectivity index (χ3n) is 6.76. The van der Waals surface area contributed by atoms with Gasteiger partial charge in [-0.15, -0.1) is 0 Å². The number of fused-ring (bicyclic) bond motifs is 1. The molecule has 214 valence electrons. The number of nitrogens with zero attached hydrogens (tertiary/aromatic N) is 4. The van der Waals surface area contributed by atoms with Crippen LogP contribution in [0.3, 0.4) is 0 Å². The number of aliphatic hydroxyl groups is 1. The molecule has 13 heteroatoms. The molecular weight excluding hydrogens is 536 g/mol. The van der Waals surface area contributed by atoms with E-state index in [-0.39, 0.29) is 53.5 Å². The number of amides is 3. The van der Waals surface area contributed by atoms with Gasteiger partial charge in [0.1, 0.15) is 6.10 Å². The average Bonchev–Trinajstić information content (AvgIpc) is 3.38. The van der Waals surface area contributed by atoms with Crippen LogP contribution in [0.2, 0.25) is 0 Å². The highest BCUT2D eigenvalue weighted by molar-refractivity contribution is 7.89. The Bertz CT molecular complexity index is 1460. The zero-order valence-corrected chi connectivity index (χ0v) is 23.6. The van der Waals surface area contributed by atoms with Gasteiger partial charge in [0.15, 0.2) is 10.8 Å². The Morgan fingerprint density at radius 1 is 1.20 bits per heavy atom. The number of aromatic nitrogens is 2. The van der Waals surface area contributed by atoms with Crippen LogP contribution in [-0.2, 0) is 17.1 Å². The zero-order valence-electron chi connectivity index (χ0n) is 22.8. The van der Waals surface area contributed by atoms with E-state index in [1.54, 1.807) is 65.9 Å². The number of para-hydroxylation sites is 2. The molecule has 0 aliphatic carbocycles. The third kappa shape index (κ3) is 6.27. The van der Waals surface area contributed by atoms with Crippen LogP contribution in [0.5, 0.6) is 5.75 Å². The molecule has 40 heavy (non-hydrogen) atoms. The predicted octanol–water partition coefficient (Wildman–Crippen LogP) is 2.60. The van der Waals surface area contributed by atoms with Crippen LogP contribution < -0.4 is 15.4 Å². The number of aliphatic hydroxyl groups excluding tert-OH is 1. The van der Waals surface area contributed by atoms with Crippen LogP contribution in [0.15, 0.2) is 66.1 Å². The minimum atomic E-state index is -3.93. The quantitative estimate of drug-likeness (QED) is 0.377. The maximum Gasteiger partial charge on any atom is 0.323 e. The van der Waals surface area contributed by atoms with Gasteiger partial charge in [-0.3, -0.25) is 4.79 Å². The normalized spacial score (nSPS) is 18.4. The summed E-state index contributed by atoms with van der Waals surface area (Å²) in [6, 6.07) is 12.6. The second-order valence-corrected chi connectivity index (χ2v) is 11.9. The molecule has 0 unspecified atom stereocenters. The summed E-state index contributed by atoms with van der Waals surface area (Å²) >= 11 is 0. The summed E-state index contributed by atoms with van der Waals surface area (Å²) < 4.78 is 35.5. The Kier molecular flexibility index (Phi) is 8.76. The van der Waals surface area contributed by atoms with Gasteiger partial charge in [-0.1, -0.05) is 31.2 Å². The fourth-order valence-corrected chi connectivity index (χ4v) is 5.54. The van der Waals surface area contributed by atoms with E-state index in [4.69, 9.17) is 4.74 Å². The minimum Gasteiger partial charge on any atom is -0.486 e. The van der Waals surface area contributed by atoms with Gasteiger partial charge < -0.3 is 29.9 Å². The van der Waals surface area contributed by atoms with Gasteiger partial charge in [-0.25, -0.2) is 18.2 Å². The molecule has 3 N–H and O–H groups in total. The molecule has 2 heterocycles. The fourth-order valence-electron chi connectivity index (χ4n) is 4.40. The Balaban J connectivity index is 1.69. The lowest BCUT2D eigenvalue weighted by molar-refractivity contribution is 0.0389. The molecule has 0 fully saturated rings.